The molecule has 2 aromatic carbocycles. The van der Waals surface area contributed by atoms with Gasteiger partial charge in [-0.1, -0.05) is 23.7 Å². The van der Waals surface area contributed by atoms with E-state index in [4.69, 9.17) is 11.6 Å². The van der Waals surface area contributed by atoms with Crippen LogP contribution in [0.5, 0.6) is 0 Å². The number of thioether (sulfide) groups is 1. The second kappa shape index (κ2) is 6.89. The van der Waals surface area contributed by atoms with Gasteiger partial charge in [0.1, 0.15) is 0 Å². The van der Waals surface area contributed by atoms with E-state index < -0.39 is 17.7 Å². The highest BCUT2D eigenvalue weighted by atomic mass is 79.9. The molecule has 0 aromatic heterocycles. The smallest absolute Gasteiger partial charge is 0.173 e. The average Bonchev–Trinajstić information content (AvgIpc) is 2.42. The lowest BCUT2D eigenvalue weighted by Gasteiger charge is -2.13. The molecule has 0 saturated carbocycles. The van der Waals surface area contributed by atoms with Gasteiger partial charge in [-0.25, -0.2) is 8.78 Å². The standard InChI is InChI=1S/C14H10BrClF2OS/c15-13-10(4-5-11(17)14(13)18)12(19)7-20-9-3-1-2-8(16)6-9/h1-6,12,19H,7H2. The minimum absolute atomic E-state index is 0.0447. The molecule has 0 aliphatic carbocycles. The molecule has 0 amide bonds. The van der Waals surface area contributed by atoms with Gasteiger partial charge in [-0.2, -0.15) is 0 Å². The van der Waals surface area contributed by atoms with E-state index in [0.29, 0.717) is 16.3 Å². The Morgan fingerprint density at radius 1 is 1.25 bits per heavy atom. The van der Waals surface area contributed by atoms with Crippen molar-refractivity contribution in [1.82, 2.24) is 0 Å². The highest BCUT2D eigenvalue weighted by molar-refractivity contribution is 9.10. The second-order valence-corrected chi connectivity index (χ2v) is 6.37. The fourth-order valence-electron chi connectivity index (χ4n) is 1.62. The summed E-state index contributed by atoms with van der Waals surface area (Å²) >= 11 is 10.2. The van der Waals surface area contributed by atoms with E-state index in [-0.39, 0.29) is 4.47 Å². The zero-order valence-corrected chi connectivity index (χ0v) is 13.3. The van der Waals surface area contributed by atoms with Crippen LogP contribution in [0, 0.1) is 11.6 Å². The predicted molar refractivity (Wildman–Crippen MR) is 81.2 cm³/mol. The lowest BCUT2D eigenvalue weighted by atomic mass is 10.1. The second-order valence-electron chi connectivity index (χ2n) is 4.05. The molecule has 0 bridgehead atoms. The molecule has 0 saturated heterocycles. The monoisotopic (exact) mass is 378 g/mol. The summed E-state index contributed by atoms with van der Waals surface area (Å²) in [6, 6.07) is 9.58. The molecule has 0 heterocycles. The van der Waals surface area contributed by atoms with Gasteiger partial charge in [0.2, 0.25) is 0 Å². The van der Waals surface area contributed by atoms with Crippen molar-refractivity contribution in [2.24, 2.45) is 0 Å². The quantitative estimate of drug-likeness (QED) is 0.581. The van der Waals surface area contributed by atoms with Crippen LogP contribution >= 0.6 is 39.3 Å². The van der Waals surface area contributed by atoms with E-state index in [2.05, 4.69) is 15.9 Å². The summed E-state index contributed by atoms with van der Waals surface area (Å²) in [5, 5.41) is 10.7. The Morgan fingerprint density at radius 2 is 2.00 bits per heavy atom. The van der Waals surface area contributed by atoms with Gasteiger partial charge in [-0.05, 0) is 45.8 Å². The van der Waals surface area contributed by atoms with Gasteiger partial charge in [-0.3, -0.25) is 0 Å². The van der Waals surface area contributed by atoms with Crippen LogP contribution in [-0.2, 0) is 0 Å². The molecule has 1 atom stereocenters. The molecular formula is C14H10BrClF2OS. The molecule has 2 aromatic rings. The Hall–Kier alpha value is -0.620. The zero-order chi connectivity index (χ0) is 14.7. The molecular weight excluding hydrogens is 370 g/mol. The molecule has 2 rings (SSSR count). The van der Waals surface area contributed by atoms with Gasteiger partial charge in [0.15, 0.2) is 11.6 Å². The maximum absolute atomic E-state index is 13.4. The topological polar surface area (TPSA) is 20.2 Å². The fraction of sp³-hybridized carbons (Fsp3) is 0.143. The van der Waals surface area contributed by atoms with Crippen molar-refractivity contribution in [3.05, 3.63) is 63.1 Å². The minimum atomic E-state index is -0.991. The Balaban J connectivity index is 2.09. The first-order valence-electron chi connectivity index (χ1n) is 5.69. The zero-order valence-electron chi connectivity index (χ0n) is 10.1. The number of aliphatic hydroxyl groups is 1. The third-order valence-corrected chi connectivity index (χ3v) is 4.74. The van der Waals surface area contributed by atoms with Crippen LogP contribution < -0.4 is 0 Å². The molecule has 0 spiro atoms. The first-order valence-corrected chi connectivity index (χ1v) is 7.84. The lowest BCUT2D eigenvalue weighted by Crippen LogP contribution is -2.04. The van der Waals surface area contributed by atoms with Crippen molar-refractivity contribution in [1.29, 1.82) is 0 Å². The first kappa shape index (κ1) is 15.8. The molecule has 1 unspecified atom stereocenters. The first-order chi connectivity index (χ1) is 9.49. The minimum Gasteiger partial charge on any atom is -0.387 e. The molecule has 0 radical (unpaired) electrons. The number of hydrogen-bond donors (Lipinski definition) is 1. The largest absolute Gasteiger partial charge is 0.387 e. The van der Waals surface area contributed by atoms with Gasteiger partial charge < -0.3 is 5.11 Å². The number of aliphatic hydroxyl groups excluding tert-OH is 1. The van der Waals surface area contributed by atoms with Crippen molar-refractivity contribution in [3.8, 4) is 0 Å². The third kappa shape index (κ3) is 3.73. The SMILES string of the molecule is OC(CSc1cccc(Cl)c1)c1ccc(F)c(F)c1Br. The third-order valence-electron chi connectivity index (χ3n) is 2.63. The van der Waals surface area contributed by atoms with Crippen molar-refractivity contribution < 1.29 is 13.9 Å². The van der Waals surface area contributed by atoms with Gasteiger partial charge in [0, 0.05) is 15.7 Å². The molecule has 0 aliphatic heterocycles. The van der Waals surface area contributed by atoms with Crippen molar-refractivity contribution in [2.45, 2.75) is 11.0 Å². The fourth-order valence-corrected chi connectivity index (χ4v) is 3.38. The van der Waals surface area contributed by atoms with Crippen LogP contribution in [0.3, 0.4) is 0 Å². The average molecular weight is 380 g/mol. The van der Waals surface area contributed by atoms with Crippen LogP contribution in [0.2, 0.25) is 5.02 Å². The van der Waals surface area contributed by atoms with Crippen LogP contribution in [0.1, 0.15) is 11.7 Å². The van der Waals surface area contributed by atoms with Gasteiger partial charge in [-0.15, -0.1) is 11.8 Å². The summed E-state index contributed by atoms with van der Waals surface area (Å²) in [5.74, 6) is -1.63. The van der Waals surface area contributed by atoms with Crippen LogP contribution in [-0.4, -0.2) is 10.9 Å². The summed E-state index contributed by atoms with van der Waals surface area (Å²) in [6.07, 6.45) is -0.913. The van der Waals surface area contributed by atoms with E-state index in [1.165, 1.54) is 17.8 Å². The van der Waals surface area contributed by atoms with Crippen LogP contribution in [0.15, 0.2) is 45.8 Å². The van der Waals surface area contributed by atoms with Gasteiger partial charge >= 0.3 is 0 Å². The van der Waals surface area contributed by atoms with Crippen molar-refractivity contribution >= 4 is 39.3 Å². The normalized spacial score (nSPS) is 12.4. The van der Waals surface area contributed by atoms with Crippen molar-refractivity contribution in [3.63, 3.8) is 0 Å². The Kier molecular flexibility index (Phi) is 5.43. The summed E-state index contributed by atoms with van der Waals surface area (Å²) in [4.78, 5) is 0.898. The highest BCUT2D eigenvalue weighted by Crippen LogP contribution is 2.32. The molecule has 0 fully saturated rings. The molecule has 6 heteroatoms. The van der Waals surface area contributed by atoms with Gasteiger partial charge in [0.25, 0.3) is 0 Å². The summed E-state index contributed by atoms with van der Waals surface area (Å²) in [6.45, 7) is 0. The summed E-state index contributed by atoms with van der Waals surface area (Å²) < 4.78 is 26.4. The van der Waals surface area contributed by atoms with Crippen LogP contribution in [0.4, 0.5) is 8.78 Å². The number of rotatable bonds is 4. The van der Waals surface area contributed by atoms with E-state index >= 15 is 0 Å². The van der Waals surface area contributed by atoms with Crippen molar-refractivity contribution in [2.75, 3.05) is 5.75 Å². The maximum Gasteiger partial charge on any atom is 0.173 e. The highest BCUT2D eigenvalue weighted by Gasteiger charge is 2.17. The molecule has 1 nitrogen and oxygen atoms in total. The van der Waals surface area contributed by atoms with E-state index in [1.807, 2.05) is 12.1 Å². The molecule has 0 aliphatic rings. The Bertz CT molecular complexity index is 624. The van der Waals surface area contributed by atoms with Crippen LogP contribution in [0.25, 0.3) is 0 Å². The maximum atomic E-state index is 13.4. The Labute approximate surface area is 133 Å². The van der Waals surface area contributed by atoms with E-state index in [0.717, 1.165) is 11.0 Å². The van der Waals surface area contributed by atoms with E-state index in [1.54, 1.807) is 12.1 Å². The van der Waals surface area contributed by atoms with Gasteiger partial charge in [0.05, 0.1) is 10.6 Å². The van der Waals surface area contributed by atoms with E-state index in [9.17, 15) is 13.9 Å². The lowest BCUT2D eigenvalue weighted by molar-refractivity contribution is 0.202. The summed E-state index contributed by atoms with van der Waals surface area (Å²) in [7, 11) is 0. The molecule has 106 valence electrons. The Morgan fingerprint density at radius 3 is 2.70 bits per heavy atom. The summed E-state index contributed by atoms with van der Waals surface area (Å²) in [5.41, 5.74) is 0.318. The number of halogens is 4. The number of benzene rings is 2. The number of hydrogen-bond acceptors (Lipinski definition) is 2. The predicted octanol–water partition coefficient (Wildman–Crippen LogP) is 5.21. The molecule has 1 N–H and O–H groups in total. The molecule has 20 heavy (non-hydrogen) atoms.